The molecular weight excluding hydrogens is 152 g/mol. The van der Waals surface area contributed by atoms with Crippen LogP contribution in [0, 0.1) is 0 Å². The Balaban J connectivity index is 3.31. The Hall–Kier alpha value is 0.487. The Labute approximate surface area is 63.8 Å². The van der Waals surface area contributed by atoms with Crippen LogP contribution in [-0.2, 0) is 8.85 Å². The molecule has 0 aliphatic rings. The molecule has 0 aliphatic carbocycles. The van der Waals surface area contributed by atoms with E-state index in [1.807, 2.05) is 6.92 Å². The minimum Gasteiger partial charge on any atom is -0.400 e. The predicted molar refractivity (Wildman–Crippen MR) is 44.4 cm³/mol. The van der Waals surface area contributed by atoms with Crippen LogP contribution in [-0.4, -0.2) is 28.8 Å². The van der Waals surface area contributed by atoms with Crippen LogP contribution in [0.5, 0.6) is 0 Å². The van der Waals surface area contributed by atoms with Gasteiger partial charge in [-0.25, -0.2) is 0 Å². The number of thiol groups is 1. The lowest BCUT2D eigenvalue weighted by atomic mass is 10.6. The molecule has 0 N–H and O–H groups in total. The zero-order valence-corrected chi connectivity index (χ0v) is 8.17. The van der Waals surface area contributed by atoms with Crippen molar-refractivity contribution >= 4 is 21.9 Å². The van der Waals surface area contributed by atoms with Crippen molar-refractivity contribution in [2.75, 3.05) is 14.2 Å². The molecular formula is C5H14O2SSi. The molecule has 0 saturated carbocycles. The van der Waals surface area contributed by atoms with Crippen molar-refractivity contribution in [3.63, 3.8) is 0 Å². The summed E-state index contributed by atoms with van der Waals surface area (Å²) in [4.78, 5) is 0. The van der Waals surface area contributed by atoms with E-state index in [2.05, 4.69) is 12.6 Å². The third-order valence-electron chi connectivity index (χ3n) is 1.06. The van der Waals surface area contributed by atoms with Gasteiger partial charge in [-0.3, -0.25) is 0 Å². The molecule has 0 aromatic carbocycles. The average molecular weight is 166 g/mol. The highest BCUT2D eigenvalue weighted by atomic mass is 32.1. The molecule has 0 spiro atoms. The first kappa shape index (κ1) is 9.49. The van der Waals surface area contributed by atoms with Crippen LogP contribution in [0.3, 0.4) is 0 Å². The molecule has 0 aromatic heterocycles. The summed E-state index contributed by atoms with van der Waals surface area (Å²) in [7, 11) is 2.06. The lowest BCUT2D eigenvalue weighted by Gasteiger charge is -2.11. The van der Waals surface area contributed by atoms with Gasteiger partial charge in [0.2, 0.25) is 0 Å². The Morgan fingerprint density at radius 3 is 2.00 bits per heavy atom. The molecule has 0 aliphatic heterocycles. The Morgan fingerprint density at radius 1 is 1.44 bits per heavy atom. The van der Waals surface area contributed by atoms with Crippen LogP contribution in [0.2, 0.25) is 6.04 Å². The molecule has 0 aromatic rings. The van der Waals surface area contributed by atoms with E-state index in [9.17, 15) is 0 Å². The molecule has 4 heteroatoms. The summed E-state index contributed by atoms with van der Waals surface area (Å²) in [5.41, 5.74) is 0. The minimum atomic E-state index is -1.33. The first-order valence-corrected chi connectivity index (χ1v) is 5.22. The van der Waals surface area contributed by atoms with Gasteiger partial charge in [-0.15, -0.1) is 0 Å². The average Bonchev–Trinajstić information content (AvgIpc) is 1.82. The quantitative estimate of drug-likeness (QED) is 0.492. The van der Waals surface area contributed by atoms with E-state index in [1.165, 1.54) is 0 Å². The van der Waals surface area contributed by atoms with Gasteiger partial charge < -0.3 is 8.85 Å². The van der Waals surface area contributed by atoms with Gasteiger partial charge in [0.25, 0.3) is 0 Å². The molecule has 0 heterocycles. The first-order valence-electron chi connectivity index (χ1n) is 2.94. The maximum absolute atomic E-state index is 5.08. The van der Waals surface area contributed by atoms with Gasteiger partial charge in [-0.2, -0.15) is 12.6 Å². The fourth-order valence-electron chi connectivity index (χ4n) is 0.567. The molecule has 1 unspecified atom stereocenters. The predicted octanol–water partition coefficient (Wildman–Crippen LogP) is 0.818. The van der Waals surface area contributed by atoms with Gasteiger partial charge in [0.15, 0.2) is 0 Å². The molecule has 2 nitrogen and oxygen atoms in total. The second-order valence-electron chi connectivity index (χ2n) is 1.99. The second-order valence-corrected chi connectivity index (χ2v) is 5.14. The van der Waals surface area contributed by atoms with E-state index >= 15 is 0 Å². The van der Waals surface area contributed by atoms with Crippen LogP contribution in [0.1, 0.15) is 6.92 Å². The van der Waals surface area contributed by atoms with E-state index < -0.39 is 9.28 Å². The topological polar surface area (TPSA) is 18.5 Å². The van der Waals surface area contributed by atoms with Crippen molar-refractivity contribution < 1.29 is 8.85 Å². The molecule has 1 atom stereocenters. The molecule has 56 valence electrons. The third-order valence-corrected chi connectivity index (χ3v) is 3.81. The van der Waals surface area contributed by atoms with E-state index in [1.54, 1.807) is 14.2 Å². The summed E-state index contributed by atoms with van der Waals surface area (Å²) in [5, 5.41) is 0.390. The maximum Gasteiger partial charge on any atom is 0.321 e. The van der Waals surface area contributed by atoms with Crippen molar-refractivity contribution in [1.82, 2.24) is 0 Å². The van der Waals surface area contributed by atoms with Crippen LogP contribution in [0.4, 0.5) is 0 Å². The lowest BCUT2D eigenvalue weighted by molar-refractivity contribution is 0.277. The van der Waals surface area contributed by atoms with Gasteiger partial charge in [0, 0.05) is 19.5 Å². The van der Waals surface area contributed by atoms with Crippen molar-refractivity contribution in [3.8, 4) is 0 Å². The maximum atomic E-state index is 5.08. The number of hydrogen-bond acceptors (Lipinski definition) is 3. The molecule has 0 amide bonds. The largest absolute Gasteiger partial charge is 0.400 e. The van der Waals surface area contributed by atoms with Crippen molar-refractivity contribution in [2.45, 2.75) is 18.2 Å². The highest BCUT2D eigenvalue weighted by molar-refractivity contribution is 7.81. The first-order chi connectivity index (χ1) is 4.20. The summed E-state index contributed by atoms with van der Waals surface area (Å²) in [6.45, 7) is 2.04. The van der Waals surface area contributed by atoms with Crippen LogP contribution in [0.15, 0.2) is 0 Å². The SMILES string of the molecule is CO[SiH](CC(C)S)OC. The van der Waals surface area contributed by atoms with E-state index in [4.69, 9.17) is 8.85 Å². The molecule has 9 heavy (non-hydrogen) atoms. The van der Waals surface area contributed by atoms with Gasteiger partial charge in [0.05, 0.1) is 0 Å². The summed E-state index contributed by atoms with van der Waals surface area (Å²) in [6, 6.07) is 0.968. The Morgan fingerprint density at radius 2 is 1.89 bits per heavy atom. The summed E-state index contributed by atoms with van der Waals surface area (Å²) in [6.07, 6.45) is 0. The Bertz CT molecular complexity index is 66.0. The van der Waals surface area contributed by atoms with E-state index in [0.717, 1.165) is 6.04 Å². The molecule has 0 radical (unpaired) electrons. The number of hydrogen-bond donors (Lipinski definition) is 1. The highest BCUT2D eigenvalue weighted by Gasteiger charge is 2.11. The summed E-state index contributed by atoms with van der Waals surface area (Å²) in [5.74, 6) is 0. The second kappa shape index (κ2) is 5.29. The standard InChI is InChI=1S/C5H14O2SSi/c1-5(8)4-9(6-2)7-3/h5,8-9H,4H2,1-3H3. The van der Waals surface area contributed by atoms with E-state index in [0.29, 0.717) is 5.25 Å². The fraction of sp³-hybridized carbons (Fsp3) is 1.00. The molecule has 0 bridgehead atoms. The lowest BCUT2D eigenvalue weighted by Crippen LogP contribution is -2.21. The van der Waals surface area contributed by atoms with Gasteiger partial charge >= 0.3 is 9.28 Å². The van der Waals surface area contributed by atoms with Gasteiger partial charge in [0.1, 0.15) is 0 Å². The third kappa shape index (κ3) is 4.96. The normalized spacial score (nSPS) is 14.3. The number of rotatable bonds is 4. The van der Waals surface area contributed by atoms with Crippen LogP contribution < -0.4 is 0 Å². The zero-order valence-electron chi connectivity index (χ0n) is 6.13. The fourth-order valence-corrected chi connectivity index (χ4v) is 2.22. The minimum absolute atomic E-state index is 0.390. The molecule has 0 saturated heterocycles. The molecule has 0 fully saturated rings. The van der Waals surface area contributed by atoms with Crippen molar-refractivity contribution in [1.29, 1.82) is 0 Å². The smallest absolute Gasteiger partial charge is 0.321 e. The van der Waals surface area contributed by atoms with Gasteiger partial charge in [-0.1, -0.05) is 6.92 Å². The summed E-state index contributed by atoms with van der Waals surface area (Å²) < 4.78 is 10.2. The highest BCUT2D eigenvalue weighted by Crippen LogP contribution is 2.04. The molecule has 0 rings (SSSR count). The van der Waals surface area contributed by atoms with Crippen LogP contribution in [0.25, 0.3) is 0 Å². The van der Waals surface area contributed by atoms with Crippen molar-refractivity contribution in [3.05, 3.63) is 0 Å². The monoisotopic (exact) mass is 166 g/mol. The Kier molecular flexibility index (Phi) is 5.57. The van der Waals surface area contributed by atoms with Gasteiger partial charge in [-0.05, 0) is 6.04 Å². The zero-order chi connectivity index (χ0) is 7.28. The van der Waals surface area contributed by atoms with Crippen molar-refractivity contribution in [2.24, 2.45) is 0 Å². The summed E-state index contributed by atoms with van der Waals surface area (Å²) >= 11 is 4.22. The van der Waals surface area contributed by atoms with Crippen LogP contribution >= 0.6 is 12.6 Å². The van der Waals surface area contributed by atoms with E-state index in [-0.39, 0.29) is 0 Å².